The van der Waals surface area contributed by atoms with Crippen LogP contribution in [-0.4, -0.2) is 19.0 Å². The first-order chi connectivity index (χ1) is 12.3. The smallest absolute Gasteiger partial charge is 0.256 e. The first-order valence-electron chi connectivity index (χ1n) is 9.64. The van der Waals surface area contributed by atoms with Crippen LogP contribution in [0.1, 0.15) is 58.5 Å². The molecule has 2 N–H and O–H groups in total. The van der Waals surface area contributed by atoms with E-state index in [0.29, 0.717) is 0 Å². The van der Waals surface area contributed by atoms with Crippen molar-refractivity contribution < 1.29 is 9.69 Å². The number of fused-ring (bicyclic) bond motifs is 1. The van der Waals surface area contributed by atoms with Gasteiger partial charge in [-0.15, -0.1) is 11.3 Å². The Bertz CT molecular complexity index is 732. The monoisotopic (exact) mass is 355 g/mol. The van der Waals surface area contributed by atoms with E-state index in [9.17, 15) is 4.79 Å². The summed E-state index contributed by atoms with van der Waals surface area (Å²) in [5.41, 5.74) is 3.73. The molecule has 0 bridgehead atoms. The maximum Gasteiger partial charge on any atom is 0.256 e. The normalized spacial score (nSPS) is 17.9. The number of amides is 1. The van der Waals surface area contributed by atoms with Crippen LogP contribution in [0.5, 0.6) is 0 Å². The molecule has 1 aromatic carbocycles. The fourth-order valence-corrected chi connectivity index (χ4v) is 5.47. The van der Waals surface area contributed by atoms with Crippen LogP contribution in [0.4, 0.5) is 5.00 Å². The third-order valence-electron chi connectivity index (χ3n) is 5.53. The molecular formula is C21H27N2OS+. The van der Waals surface area contributed by atoms with Crippen molar-refractivity contribution in [1.82, 2.24) is 0 Å². The van der Waals surface area contributed by atoms with Gasteiger partial charge in [-0.05, 0) is 62.6 Å². The van der Waals surface area contributed by atoms with Crippen molar-refractivity contribution in [2.45, 2.75) is 51.5 Å². The summed E-state index contributed by atoms with van der Waals surface area (Å²) < 4.78 is 0. The number of carbonyl (C=O) groups is 1. The van der Waals surface area contributed by atoms with Gasteiger partial charge >= 0.3 is 0 Å². The zero-order valence-corrected chi connectivity index (χ0v) is 15.6. The lowest BCUT2D eigenvalue weighted by atomic mass is 9.95. The minimum atomic E-state index is 0.0223. The van der Waals surface area contributed by atoms with Crippen LogP contribution in [0, 0.1) is 0 Å². The Morgan fingerprint density at radius 3 is 2.56 bits per heavy atom. The zero-order valence-electron chi connectivity index (χ0n) is 14.8. The number of rotatable bonds is 4. The van der Waals surface area contributed by atoms with Gasteiger partial charge in [0.1, 0.15) is 11.5 Å². The molecule has 1 aromatic heterocycles. The predicted octanol–water partition coefficient (Wildman–Crippen LogP) is 3.45. The molecule has 0 spiro atoms. The van der Waals surface area contributed by atoms with Crippen LogP contribution in [0.25, 0.3) is 0 Å². The average Bonchev–Trinajstić information content (AvgIpc) is 3.00. The number of piperidine rings is 1. The number of thiophene rings is 1. The SMILES string of the molecule is O=C(Nc1sc2c(c1C[NH+]1CCCCC1)CCCC2)c1ccccc1. The Labute approximate surface area is 154 Å². The molecular weight excluding hydrogens is 328 g/mol. The first kappa shape index (κ1) is 16.8. The third-order valence-corrected chi connectivity index (χ3v) is 6.78. The molecule has 3 nitrogen and oxygen atoms in total. The molecule has 1 fully saturated rings. The van der Waals surface area contributed by atoms with E-state index in [4.69, 9.17) is 0 Å². The fraction of sp³-hybridized carbons (Fsp3) is 0.476. The van der Waals surface area contributed by atoms with E-state index in [1.807, 2.05) is 41.7 Å². The van der Waals surface area contributed by atoms with E-state index < -0.39 is 0 Å². The van der Waals surface area contributed by atoms with E-state index in [1.54, 1.807) is 10.5 Å². The molecule has 1 amide bonds. The fourth-order valence-electron chi connectivity index (χ4n) is 4.16. The van der Waals surface area contributed by atoms with E-state index in [2.05, 4.69) is 5.32 Å². The molecule has 0 atom stereocenters. The number of anilines is 1. The second-order valence-electron chi connectivity index (χ2n) is 7.33. The molecule has 25 heavy (non-hydrogen) atoms. The third kappa shape index (κ3) is 3.80. The highest BCUT2D eigenvalue weighted by molar-refractivity contribution is 7.16. The number of hydrogen-bond donors (Lipinski definition) is 2. The topological polar surface area (TPSA) is 33.5 Å². The van der Waals surface area contributed by atoms with Crippen molar-refractivity contribution in [3.63, 3.8) is 0 Å². The largest absolute Gasteiger partial charge is 0.331 e. The number of quaternary nitrogens is 1. The summed E-state index contributed by atoms with van der Waals surface area (Å²) in [6.07, 6.45) is 9.01. The first-order valence-corrected chi connectivity index (χ1v) is 10.5. The van der Waals surface area contributed by atoms with Crippen molar-refractivity contribution in [3.8, 4) is 0 Å². The van der Waals surface area contributed by atoms with Crippen LogP contribution in [-0.2, 0) is 19.4 Å². The van der Waals surface area contributed by atoms with Gasteiger partial charge in [0.2, 0.25) is 0 Å². The highest BCUT2D eigenvalue weighted by Crippen LogP contribution is 2.38. The number of likely N-dealkylation sites (tertiary alicyclic amines) is 1. The van der Waals surface area contributed by atoms with E-state index >= 15 is 0 Å². The van der Waals surface area contributed by atoms with Crippen LogP contribution in [0.2, 0.25) is 0 Å². The highest BCUT2D eigenvalue weighted by atomic mass is 32.1. The van der Waals surface area contributed by atoms with Gasteiger partial charge in [0.25, 0.3) is 5.91 Å². The number of benzene rings is 1. The van der Waals surface area contributed by atoms with Gasteiger partial charge in [0, 0.05) is 16.0 Å². The summed E-state index contributed by atoms with van der Waals surface area (Å²) >= 11 is 1.83. The standard InChI is InChI=1S/C21H26N2OS/c24-20(16-9-3-1-4-10-16)22-21-18(15-23-13-7-2-8-14-23)17-11-5-6-12-19(17)25-21/h1,3-4,9-10H,2,5-8,11-15H2,(H,22,24)/p+1. The average molecular weight is 356 g/mol. The van der Waals surface area contributed by atoms with Gasteiger partial charge in [0.15, 0.2) is 0 Å². The molecule has 1 aliphatic heterocycles. The second kappa shape index (κ2) is 7.71. The quantitative estimate of drug-likeness (QED) is 0.865. The lowest BCUT2D eigenvalue weighted by Gasteiger charge is -2.24. The Balaban J connectivity index is 1.59. The highest BCUT2D eigenvalue weighted by Gasteiger charge is 2.25. The summed E-state index contributed by atoms with van der Waals surface area (Å²) in [5, 5.41) is 4.35. The minimum Gasteiger partial charge on any atom is -0.331 e. The Kier molecular flexibility index (Phi) is 5.18. The second-order valence-corrected chi connectivity index (χ2v) is 8.43. The number of hydrogen-bond acceptors (Lipinski definition) is 2. The van der Waals surface area contributed by atoms with Crippen LogP contribution >= 0.6 is 11.3 Å². The predicted molar refractivity (Wildman–Crippen MR) is 104 cm³/mol. The van der Waals surface area contributed by atoms with Gasteiger partial charge in [0.05, 0.1) is 13.1 Å². The van der Waals surface area contributed by atoms with Crippen LogP contribution in [0.3, 0.4) is 0 Å². The molecule has 4 rings (SSSR count). The van der Waals surface area contributed by atoms with Gasteiger partial charge in [-0.2, -0.15) is 0 Å². The molecule has 2 heterocycles. The van der Waals surface area contributed by atoms with E-state index in [0.717, 1.165) is 17.1 Å². The van der Waals surface area contributed by atoms with Crippen molar-refractivity contribution in [1.29, 1.82) is 0 Å². The van der Waals surface area contributed by atoms with Crippen LogP contribution < -0.4 is 10.2 Å². The molecule has 2 aliphatic rings. The van der Waals surface area contributed by atoms with Crippen molar-refractivity contribution in [2.75, 3.05) is 18.4 Å². The van der Waals surface area contributed by atoms with Gasteiger partial charge in [-0.25, -0.2) is 0 Å². The molecule has 132 valence electrons. The van der Waals surface area contributed by atoms with Gasteiger partial charge in [-0.1, -0.05) is 18.2 Å². The summed E-state index contributed by atoms with van der Waals surface area (Å²) in [7, 11) is 0. The van der Waals surface area contributed by atoms with Crippen molar-refractivity contribution in [3.05, 3.63) is 51.9 Å². The molecule has 0 unspecified atom stereocenters. The van der Waals surface area contributed by atoms with Crippen molar-refractivity contribution >= 4 is 22.2 Å². The molecule has 0 radical (unpaired) electrons. The maximum absolute atomic E-state index is 12.7. The number of carbonyl (C=O) groups excluding carboxylic acids is 1. The summed E-state index contributed by atoms with van der Waals surface area (Å²) in [6, 6.07) is 9.57. The zero-order chi connectivity index (χ0) is 17.1. The molecule has 0 saturated carbocycles. The molecule has 1 saturated heterocycles. The summed E-state index contributed by atoms with van der Waals surface area (Å²) in [4.78, 5) is 15.9. The Hall–Kier alpha value is -1.65. The molecule has 2 aromatic rings. The van der Waals surface area contributed by atoms with E-state index in [1.165, 1.54) is 68.5 Å². The minimum absolute atomic E-state index is 0.0223. The lowest BCUT2D eigenvalue weighted by Crippen LogP contribution is -3.11. The number of aryl methyl sites for hydroxylation is 1. The maximum atomic E-state index is 12.7. The molecule has 1 aliphatic carbocycles. The Morgan fingerprint density at radius 1 is 1.00 bits per heavy atom. The lowest BCUT2D eigenvalue weighted by molar-refractivity contribution is -0.918. The Morgan fingerprint density at radius 2 is 1.76 bits per heavy atom. The molecule has 4 heteroatoms. The van der Waals surface area contributed by atoms with Crippen LogP contribution in [0.15, 0.2) is 30.3 Å². The summed E-state index contributed by atoms with van der Waals surface area (Å²) in [5.74, 6) is 0.0223. The van der Waals surface area contributed by atoms with Gasteiger partial charge < -0.3 is 10.2 Å². The van der Waals surface area contributed by atoms with Crippen molar-refractivity contribution in [2.24, 2.45) is 0 Å². The number of nitrogens with one attached hydrogen (secondary N) is 2. The van der Waals surface area contributed by atoms with E-state index in [-0.39, 0.29) is 5.91 Å². The summed E-state index contributed by atoms with van der Waals surface area (Å²) in [6.45, 7) is 3.63. The van der Waals surface area contributed by atoms with Gasteiger partial charge in [-0.3, -0.25) is 4.79 Å².